The quantitative estimate of drug-likeness (QED) is 0.792. The van der Waals surface area contributed by atoms with Gasteiger partial charge in [-0.15, -0.1) is 0 Å². The molecule has 0 aliphatic heterocycles. The van der Waals surface area contributed by atoms with Crippen LogP contribution in [0, 0.1) is 0 Å². The van der Waals surface area contributed by atoms with Crippen molar-refractivity contribution >= 4 is 5.69 Å². The lowest BCUT2D eigenvalue weighted by atomic mass is 9.99. The fourth-order valence-corrected chi connectivity index (χ4v) is 1.86. The molecular formula is C15H17NO. The van der Waals surface area contributed by atoms with Crippen molar-refractivity contribution in [2.24, 2.45) is 0 Å². The first-order chi connectivity index (χ1) is 8.20. The van der Waals surface area contributed by atoms with Gasteiger partial charge in [0.15, 0.2) is 0 Å². The van der Waals surface area contributed by atoms with Crippen molar-refractivity contribution in [2.75, 3.05) is 5.73 Å². The molecule has 2 rings (SSSR count). The van der Waals surface area contributed by atoms with Crippen LogP contribution in [0.4, 0.5) is 5.69 Å². The van der Waals surface area contributed by atoms with Gasteiger partial charge in [0.25, 0.3) is 0 Å². The van der Waals surface area contributed by atoms with Gasteiger partial charge in [0.1, 0.15) is 6.10 Å². The Morgan fingerprint density at radius 2 is 1.76 bits per heavy atom. The number of aryl methyl sites for hydroxylation is 1. The minimum absolute atomic E-state index is 0.607. The molecule has 0 amide bonds. The lowest BCUT2D eigenvalue weighted by Crippen LogP contribution is -2.00. The van der Waals surface area contributed by atoms with Gasteiger partial charge in [-0.2, -0.15) is 0 Å². The summed E-state index contributed by atoms with van der Waals surface area (Å²) in [5, 5.41) is 10.2. The lowest BCUT2D eigenvalue weighted by Gasteiger charge is -2.12. The van der Waals surface area contributed by atoms with E-state index in [0.717, 1.165) is 17.5 Å². The summed E-state index contributed by atoms with van der Waals surface area (Å²) < 4.78 is 0. The van der Waals surface area contributed by atoms with Crippen molar-refractivity contribution in [3.8, 4) is 0 Å². The summed E-state index contributed by atoms with van der Waals surface area (Å²) in [6.07, 6.45) is 0.402. The average Bonchev–Trinajstić information content (AvgIpc) is 2.38. The fraction of sp³-hybridized carbons (Fsp3) is 0.200. The van der Waals surface area contributed by atoms with Crippen molar-refractivity contribution in [2.45, 2.75) is 19.4 Å². The lowest BCUT2D eigenvalue weighted by molar-refractivity contribution is 0.220. The van der Waals surface area contributed by atoms with Crippen LogP contribution >= 0.6 is 0 Å². The summed E-state index contributed by atoms with van der Waals surface area (Å²) in [5.74, 6) is 0. The number of aliphatic hydroxyl groups is 1. The largest absolute Gasteiger partial charge is 0.399 e. The SMILES string of the molecule is CCc1ccc(C(O)c2cccc(N)c2)cc1. The molecule has 0 aromatic heterocycles. The molecule has 0 bridgehead atoms. The van der Waals surface area contributed by atoms with Crippen LogP contribution in [0.25, 0.3) is 0 Å². The van der Waals surface area contributed by atoms with E-state index in [1.807, 2.05) is 42.5 Å². The van der Waals surface area contributed by atoms with Crippen molar-refractivity contribution in [1.29, 1.82) is 0 Å². The van der Waals surface area contributed by atoms with E-state index in [1.54, 1.807) is 6.07 Å². The second kappa shape index (κ2) is 5.02. The van der Waals surface area contributed by atoms with E-state index < -0.39 is 6.10 Å². The Morgan fingerprint density at radius 3 is 2.35 bits per heavy atom. The first-order valence-corrected chi connectivity index (χ1v) is 5.83. The van der Waals surface area contributed by atoms with Crippen LogP contribution in [0.1, 0.15) is 29.7 Å². The number of benzene rings is 2. The number of nitrogens with two attached hydrogens (primary N) is 1. The molecule has 88 valence electrons. The second-order valence-corrected chi connectivity index (χ2v) is 4.17. The Bertz CT molecular complexity index is 491. The summed E-state index contributed by atoms with van der Waals surface area (Å²) in [6, 6.07) is 15.4. The summed E-state index contributed by atoms with van der Waals surface area (Å²) in [4.78, 5) is 0. The predicted molar refractivity (Wildman–Crippen MR) is 70.7 cm³/mol. The molecule has 0 radical (unpaired) electrons. The zero-order chi connectivity index (χ0) is 12.3. The fourth-order valence-electron chi connectivity index (χ4n) is 1.86. The first-order valence-electron chi connectivity index (χ1n) is 5.83. The zero-order valence-corrected chi connectivity index (χ0v) is 9.93. The van der Waals surface area contributed by atoms with Gasteiger partial charge in [-0.05, 0) is 35.2 Å². The van der Waals surface area contributed by atoms with Gasteiger partial charge in [-0.25, -0.2) is 0 Å². The molecule has 2 heteroatoms. The van der Waals surface area contributed by atoms with Gasteiger partial charge in [-0.3, -0.25) is 0 Å². The molecular weight excluding hydrogens is 210 g/mol. The van der Waals surface area contributed by atoms with Crippen molar-refractivity contribution in [3.63, 3.8) is 0 Å². The van der Waals surface area contributed by atoms with E-state index in [0.29, 0.717) is 5.69 Å². The van der Waals surface area contributed by atoms with E-state index in [2.05, 4.69) is 6.92 Å². The normalized spacial score (nSPS) is 12.4. The monoisotopic (exact) mass is 227 g/mol. The minimum atomic E-state index is -0.607. The maximum Gasteiger partial charge on any atom is 0.104 e. The molecule has 0 saturated carbocycles. The summed E-state index contributed by atoms with van der Waals surface area (Å²) in [6.45, 7) is 2.11. The standard InChI is InChI=1S/C15H17NO/c1-2-11-6-8-12(9-7-11)15(17)13-4-3-5-14(16)10-13/h3-10,15,17H,2,16H2,1H3. The van der Waals surface area contributed by atoms with E-state index in [9.17, 15) is 5.11 Å². The molecule has 0 heterocycles. The molecule has 0 aliphatic rings. The smallest absolute Gasteiger partial charge is 0.104 e. The van der Waals surface area contributed by atoms with E-state index in [-0.39, 0.29) is 0 Å². The highest BCUT2D eigenvalue weighted by atomic mass is 16.3. The van der Waals surface area contributed by atoms with Crippen LogP contribution in [-0.2, 0) is 6.42 Å². The van der Waals surface area contributed by atoms with Crippen molar-refractivity contribution in [3.05, 3.63) is 65.2 Å². The topological polar surface area (TPSA) is 46.2 Å². The zero-order valence-electron chi connectivity index (χ0n) is 9.93. The van der Waals surface area contributed by atoms with Crippen LogP contribution in [0.15, 0.2) is 48.5 Å². The van der Waals surface area contributed by atoms with E-state index in [1.165, 1.54) is 5.56 Å². The summed E-state index contributed by atoms with van der Waals surface area (Å²) in [7, 11) is 0. The molecule has 2 aromatic rings. The van der Waals surface area contributed by atoms with Gasteiger partial charge >= 0.3 is 0 Å². The number of aliphatic hydroxyl groups excluding tert-OH is 1. The molecule has 0 fully saturated rings. The maximum atomic E-state index is 10.2. The first kappa shape index (κ1) is 11.7. The van der Waals surface area contributed by atoms with Crippen LogP contribution < -0.4 is 5.73 Å². The van der Waals surface area contributed by atoms with E-state index >= 15 is 0 Å². The number of hydrogen-bond donors (Lipinski definition) is 2. The summed E-state index contributed by atoms with van der Waals surface area (Å²) >= 11 is 0. The Labute approximate surface area is 102 Å². The third-order valence-corrected chi connectivity index (χ3v) is 2.93. The molecule has 3 N–H and O–H groups in total. The molecule has 0 aliphatic carbocycles. The van der Waals surface area contributed by atoms with Crippen LogP contribution in [0.2, 0.25) is 0 Å². The second-order valence-electron chi connectivity index (χ2n) is 4.17. The van der Waals surface area contributed by atoms with Gasteiger partial charge in [0, 0.05) is 5.69 Å². The predicted octanol–water partition coefficient (Wildman–Crippen LogP) is 2.91. The average molecular weight is 227 g/mol. The van der Waals surface area contributed by atoms with Crippen LogP contribution in [0.5, 0.6) is 0 Å². The van der Waals surface area contributed by atoms with Crippen LogP contribution in [0.3, 0.4) is 0 Å². The Kier molecular flexibility index (Phi) is 3.45. The highest BCUT2D eigenvalue weighted by Gasteiger charge is 2.09. The molecule has 0 spiro atoms. The van der Waals surface area contributed by atoms with Gasteiger partial charge in [0.2, 0.25) is 0 Å². The summed E-state index contributed by atoms with van der Waals surface area (Å²) in [5.41, 5.74) is 9.38. The molecule has 1 unspecified atom stereocenters. The number of rotatable bonds is 3. The van der Waals surface area contributed by atoms with Crippen molar-refractivity contribution in [1.82, 2.24) is 0 Å². The van der Waals surface area contributed by atoms with Gasteiger partial charge in [0.05, 0.1) is 0 Å². The maximum absolute atomic E-state index is 10.2. The van der Waals surface area contributed by atoms with Crippen LogP contribution in [-0.4, -0.2) is 5.11 Å². The van der Waals surface area contributed by atoms with E-state index in [4.69, 9.17) is 5.73 Å². The minimum Gasteiger partial charge on any atom is -0.399 e. The van der Waals surface area contributed by atoms with Gasteiger partial charge < -0.3 is 10.8 Å². The third kappa shape index (κ3) is 2.66. The molecule has 2 nitrogen and oxygen atoms in total. The molecule has 0 saturated heterocycles. The Balaban J connectivity index is 2.27. The Hall–Kier alpha value is -1.80. The number of hydrogen-bond acceptors (Lipinski definition) is 2. The molecule has 2 aromatic carbocycles. The molecule has 1 atom stereocenters. The van der Waals surface area contributed by atoms with Gasteiger partial charge in [-0.1, -0.05) is 43.3 Å². The molecule has 17 heavy (non-hydrogen) atoms. The number of anilines is 1. The third-order valence-electron chi connectivity index (χ3n) is 2.93. The number of nitrogen functional groups attached to an aromatic ring is 1. The van der Waals surface area contributed by atoms with Crippen molar-refractivity contribution < 1.29 is 5.11 Å². The Morgan fingerprint density at radius 1 is 1.06 bits per heavy atom. The highest BCUT2D eigenvalue weighted by molar-refractivity contribution is 5.43. The highest BCUT2D eigenvalue weighted by Crippen LogP contribution is 2.23.